The van der Waals surface area contributed by atoms with Gasteiger partial charge >= 0.3 is 0 Å². The number of hydrogen-bond acceptors (Lipinski definition) is 5. The minimum Gasteiger partial charge on any atom is -0.299 e. The Morgan fingerprint density at radius 3 is 2.54 bits per heavy atom. The number of benzene rings is 1. The molecule has 0 unspecified atom stereocenters. The lowest BCUT2D eigenvalue weighted by atomic mass is 10.3. The van der Waals surface area contributed by atoms with Crippen LogP contribution in [-0.4, -0.2) is 65.1 Å². The second kappa shape index (κ2) is 7.14. The third-order valence-corrected chi connectivity index (χ3v) is 6.16. The number of nitrogens with zero attached hydrogens (tertiary/aromatic N) is 5. The van der Waals surface area contributed by atoms with Crippen molar-refractivity contribution in [3.63, 3.8) is 0 Å². The summed E-state index contributed by atoms with van der Waals surface area (Å²) in [5.41, 5.74) is 0. The summed E-state index contributed by atoms with van der Waals surface area (Å²) in [6.45, 7) is 3.51. The largest absolute Gasteiger partial charge is 0.299 e. The Kier molecular flexibility index (Phi) is 5.14. The highest BCUT2D eigenvalue weighted by Crippen LogP contribution is 2.23. The molecule has 7 nitrogen and oxygen atoms in total. The normalized spacial score (nSPS) is 17.2. The molecule has 0 bridgehead atoms. The lowest BCUT2D eigenvalue weighted by molar-refractivity contribution is 0.181. The molecule has 2 aromatic rings. The summed E-state index contributed by atoms with van der Waals surface area (Å²) in [7, 11) is -3.65. The molecular formula is C14H17ClFN5O2S. The van der Waals surface area contributed by atoms with Gasteiger partial charge in [0.25, 0.3) is 0 Å². The molecule has 1 aromatic heterocycles. The predicted octanol–water partition coefficient (Wildman–Crippen LogP) is 1.08. The quantitative estimate of drug-likeness (QED) is 0.784. The number of aromatic nitrogens is 3. The van der Waals surface area contributed by atoms with Crippen molar-refractivity contribution in [2.75, 3.05) is 32.7 Å². The van der Waals surface area contributed by atoms with Crippen molar-refractivity contribution in [2.45, 2.75) is 11.4 Å². The highest BCUT2D eigenvalue weighted by Gasteiger charge is 2.28. The predicted molar refractivity (Wildman–Crippen MR) is 86.6 cm³/mol. The van der Waals surface area contributed by atoms with Gasteiger partial charge in [0.15, 0.2) is 0 Å². The highest BCUT2D eigenvalue weighted by atomic mass is 35.5. The average Bonchev–Trinajstić information content (AvgIpc) is 3.09. The van der Waals surface area contributed by atoms with Crippen molar-refractivity contribution in [1.29, 1.82) is 0 Å². The van der Waals surface area contributed by atoms with E-state index in [9.17, 15) is 12.8 Å². The van der Waals surface area contributed by atoms with Crippen LogP contribution < -0.4 is 0 Å². The molecule has 1 aliphatic heterocycles. The van der Waals surface area contributed by atoms with Crippen LogP contribution in [0.2, 0.25) is 5.02 Å². The first-order valence-electron chi connectivity index (χ1n) is 7.47. The molecule has 1 saturated heterocycles. The van der Waals surface area contributed by atoms with Crippen LogP contribution in [0.25, 0.3) is 0 Å². The van der Waals surface area contributed by atoms with Gasteiger partial charge < -0.3 is 0 Å². The molecule has 0 amide bonds. The zero-order valence-electron chi connectivity index (χ0n) is 12.8. The Morgan fingerprint density at radius 1 is 1.17 bits per heavy atom. The van der Waals surface area contributed by atoms with E-state index in [1.807, 2.05) is 0 Å². The molecule has 1 fully saturated rings. The van der Waals surface area contributed by atoms with E-state index in [4.69, 9.17) is 11.6 Å². The maximum Gasteiger partial charge on any atom is 0.243 e. The van der Waals surface area contributed by atoms with Gasteiger partial charge in [0.2, 0.25) is 10.0 Å². The van der Waals surface area contributed by atoms with Gasteiger partial charge in [-0.3, -0.25) is 9.58 Å². The topological polar surface area (TPSA) is 71.3 Å². The Balaban J connectivity index is 1.59. The molecule has 3 rings (SSSR count). The zero-order chi connectivity index (χ0) is 17.2. The van der Waals surface area contributed by atoms with Gasteiger partial charge in [-0.1, -0.05) is 11.6 Å². The molecular weight excluding hydrogens is 357 g/mol. The molecule has 0 N–H and O–H groups in total. The standard InChI is InChI=1S/C14H17ClFN5O2S/c15-13-9-12(1-2-14(13)16)24(22,23)21-7-4-19(5-8-21)3-6-20-11-17-10-18-20/h1-2,9-11H,3-8H2. The van der Waals surface area contributed by atoms with Crippen LogP contribution in [0, 0.1) is 5.82 Å². The number of hydrogen-bond donors (Lipinski definition) is 0. The Hall–Kier alpha value is -1.55. The summed E-state index contributed by atoms with van der Waals surface area (Å²) in [6, 6.07) is 3.47. The summed E-state index contributed by atoms with van der Waals surface area (Å²) < 4.78 is 41.6. The van der Waals surface area contributed by atoms with E-state index < -0.39 is 15.8 Å². The third-order valence-electron chi connectivity index (χ3n) is 3.97. The van der Waals surface area contributed by atoms with Crippen molar-refractivity contribution in [1.82, 2.24) is 24.0 Å². The summed E-state index contributed by atoms with van der Waals surface area (Å²) in [4.78, 5) is 6.08. The Bertz CT molecular complexity index is 792. The SMILES string of the molecule is O=S(=O)(c1ccc(F)c(Cl)c1)N1CCN(CCn2cncn2)CC1. The minimum absolute atomic E-state index is 0.0185. The average molecular weight is 374 g/mol. The summed E-state index contributed by atoms with van der Waals surface area (Å²) in [5, 5.41) is 3.85. The van der Waals surface area contributed by atoms with Crippen molar-refractivity contribution < 1.29 is 12.8 Å². The maximum atomic E-state index is 13.2. The van der Waals surface area contributed by atoms with Crippen molar-refractivity contribution in [2.24, 2.45) is 0 Å². The molecule has 2 heterocycles. The summed E-state index contributed by atoms with van der Waals surface area (Å²) in [5.74, 6) is -0.631. The van der Waals surface area contributed by atoms with E-state index in [1.54, 1.807) is 11.0 Å². The van der Waals surface area contributed by atoms with E-state index in [2.05, 4.69) is 15.0 Å². The maximum absolute atomic E-state index is 13.2. The van der Waals surface area contributed by atoms with Crippen LogP contribution in [0.4, 0.5) is 4.39 Å². The third kappa shape index (κ3) is 3.75. The molecule has 0 saturated carbocycles. The van der Waals surface area contributed by atoms with Crippen molar-refractivity contribution in [3.05, 3.63) is 41.7 Å². The monoisotopic (exact) mass is 373 g/mol. The van der Waals surface area contributed by atoms with Gasteiger partial charge in [0, 0.05) is 32.7 Å². The minimum atomic E-state index is -3.65. The fourth-order valence-electron chi connectivity index (χ4n) is 2.57. The molecule has 24 heavy (non-hydrogen) atoms. The van der Waals surface area contributed by atoms with Gasteiger partial charge in [0.1, 0.15) is 18.5 Å². The first-order valence-corrected chi connectivity index (χ1v) is 9.28. The number of halogens is 2. The van der Waals surface area contributed by atoms with Gasteiger partial charge in [-0.2, -0.15) is 9.40 Å². The van der Waals surface area contributed by atoms with Gasteiger partial charge in [-0.15, -0.1) is 0 Å². The molecule has 130 valence electrons. The van der Waals surface area contributed by atoms with Gasteiger partial charge in [-0.05, 0) is 18.2 Å². The van der Waals surface area contributed by atoms with E-state index in [0.29, 0.717) is 32.7 Å². The van der Waals surface area contributed by atoms with Crippen LogP contribution in [0.3, 0.4) is 0 Å². The Morgan fingerprint density at radius 2 is 1.92 bits per heavy atom. The van der Waals surface area contributed by atoms with E-state index >= 15 is 0 Å². The lowest BCUT2D eigenvalue weighted by Gasteiger charge is -2.33. The second-order valence-corrected chi connectivity index (χ2v) is 7.83. The lowest BCUT2D eigenvalue weighted by Crippen LogP contribution is -2.49. The van der Waals surface area contributed by atoms with Gasteiger partial charge in [0.05, 0.1) is 16.5 Å². The first kappa shape index (κ1) is 17.3. The van der Waals surface area contributed by atoms with Crippen molar-refractivity contribution in [3.8, 4) is 0 Å². The fourth-order valence-corrected chi connectivity index (χ4v) is 4.27. The number of sulfonamides is 1. The van der Waals surface area contributed by atoms with Gasteiger partial charge in [-0.25, -0.2) is 17.8 Å². The molecule has 0 aliphatic carbocycles. The smallest absolute Gasteiger partial charge is 0.243 e. The number of rotatable bonds is 5. The highest BCUT2D eigenvalue weighted by molar-refractivity contribution is 7.89. The van der Waals surface area contributed by atoms with Crippen LogP contribution in [0.5, 0.6) is 0 Å². The van der Waals surface area contributed by atoms with E-state index in [1.165, 1.54) is 16.7 Å². The summed E-state index contributed by atoms with van der Waals surface area (Å²) in [6.07, 6.45) is 3.14. The van der Waals surface area contributed by atoms with Crippen LogP contribution in [-0.2, 0) is 16.6 Å². The molecule has 1 aliphatic rings. The summed E-state index contributed by atoms with van der Waals surface area (Å²) >= 11 is 5.69. The van der Waals surface area contributed by atoms with Crippen molar-refractivity contribution >= 4 is 21.6 Å². The molecule has 0 atom stereocenters. The number of piperazine rings is 1. The van der Waals surface area contributed by atoms with Crippen LogP contribution in [0.15, 0.2) is 35.7 Å². The first-order chi connectivity index (χ1) is 11.5. The zero-order valence-corrected chi connectivity index (χ0v) is 14.4. The van der Waals surface area contributed by atoms with E-state index in [0.717, 1.165) is 18.7 Å². The molecule has 0 spiro atoms. The van der Waals surface area contributed by atoms with Crippen LogP contribution >= 0.6 is 11.6 Å². The molecule has 1 aromatic carbocycles. The fraction of sp³-hybridized carbons (Fsp3) is 0.429. The van der Waals surface area contributed by atoms with E-state index in [-0.39, 0.29) is 9.92 Å². The second-order valence-electron chi connectivity index (χ2n) is 5.48. The van der Waals surface area contributed by atoms with Crippen LogP contribution in [0.1, 0.15) is 0 Å². The Labute approximate surface area is 144 Å². The molecule has 0 radical (unpaired) electrons. The molecule has 10 heteroatoms.